The normalized spacial score (nSPS) is 10.9. The minimum Gasteiger partial charge on any atom is -0.254 e. The largest absolute Gasteiger partial charge is 0.254 e. The van der Waals surface area contributed by atoms with Gasteiger partial charge in [-0.2, -0.15) is 0 Å². The summed E-state index contributed by atoms with van der Waals surface area (Å²) in [5.41, 5.74) is 1.97. The summed E-state index contributed by atoms with van der Waals surface area (Å²) in [6, 6.07) is 3.94. The molecule has 4 heteroatoms. The Labute approximate surface area is 100 Å². The molecule has 1 nitrogen and oxygen atoms in total. The quantitative estimate of drug-likeness (QED) is 0.690. The minimum atomic E-state index is 0.477. The Balaban J connectivity index is 3.01. The van der Waals surface area contributed by atoms with Crippen molar-refractivity contribution in [3.8, 4) is 0 Å². The number of benzene rings is 1. The predicted molar refractivity (Wildman–Crippen MR) is 64.2 cm³/mol. The lowest BCUT2D eigenvalue weighted by Gasteiger charge is -2.06. The van der Waals surface area contributed by atoms with Crippen molar-refractivity contribution in [1.29, 1.82) is 0 Å². The second-order valence-electron chi connectivity index (χ2n) is 3.01. The molecule has 0 aliphatic rings. The average Bonchev–Trinajstić information content (AvgIpc) is 2.16. The van der Waals surface area contributed by atoms with Crippen LogP contribution in [0.25, 0.3) is 10.9 Å². The number of rotatable bonds is 0. The highest BCUT2D eigenvalue weighted by Crippen LogP contribution is 2.35. The van der Waals surface area contributed by atoms with Gasteiger partial charge < -0.3 is 0 Å². The van der Waals surface area contributed by atoms with E-state index in [1.165, 1.54) is 0 Å². The number of aromatic nitrogens is 1. The molecule has 1 aromatic carbocycles. The van der Waals surface area contributed by atoms with E-state index in [2.05, 4.69) is 20.9 Å². The van der Waals surface area contributed by atoms with E-state index < -0.39 is 0 Å². The molecule has 0 aliphatic carbocycles. The Morgan fingerprint density at radius 3 is 2.71 bits per heavy atom. The molecule has 0 fully saturated rings. The van der Waals surface area contributed by atoms with Gasteiger partial charge in [-0.05, 0) is 18.6 Å². The monoisotopic (exact) mass is 289 g/mol. The Kier molecular flexibility index (Phi) is 2.69. The van der Waals surface area contributed by atoms with E-state index >= 15 is 0 Å². The van der Waals surface area contributed by atoms with Crippen molar-refractivity contribution in [1.82, 2.24) is 4.98 Å². The van der Waals surface area contributed by atoms with Crippen molar-refractivity contribution in [2.45, 2.75) is 6.92 Å². The van der Waals surface area contributed by atoms with Crippen molar-refractivity contribution in [3.63, 3.8) is 0 Å². The van der Waals surface area contributed by atoms with Gasteiger partial charge in [0.25, 0.3) is 0 Å². The molecule has 0 N–H and O–H groups in total. The van der Waals surface area contributed by atoms with E-state index in [9.17, 15) is 0 Å². The molecule has 0 radical (unpaired) electrons. The van der Waals surface area contributed by atoms with E-state index in [1.54, 1.807) is 6.20 Å². The fourth-order valence-electron chi connectivity index (χ4n) is 1.34. The highest BCUT2D eigenvalue weighted by Gasteiger charge is 2.09. The van der Waals surface area contributed by atoms with Crippen molar-refractivity contribution >= 4 is 50.0 Å². The third-order valence-electron chi connectivity index (χ3n) is 2.06. The molecule has 2 rings (SSSR count). The Morgan fingerprint density at radius 1 is 1.29 bits per heavy atom. The van der Waals surface area contributed by atoms with Gasteiger partial charge in [0.1, 0.15) is 0 Å². The lowest BCUT2D eigenvalue weighted by atomic mass is 10.1. The van der Waals surface area contributed by atoms with Gasteiger partial charge in [-0.15, -0.1) is 0 Å². The molecule has 0 spiro atoms. The fourth-order valence-corrected chi connectivity index (χ4v) is 2.36. The molecule has 14 heavy (non-hydrogen) atoms. The molecule has 0 amide bonds. The SMILES string of the molecule is Cc1ccc(Br)c2c(Cl)c(Cl)cnc12. The summed E-state index contributed by atoms with van der Waals surface area (Å²) in [7, 11) is 0. The van der Waals surface area contributed by atoms with Gasteiger partial charge >= 0.3 is 0 Å². The summed E-state index contributed by atoms with van der Waals surface area (Å²) in [5, 5.41) is 1.90. The van der Waals surface area contributed by atoms with Crippen LogP contribution in [0.15, 0.2) is 22.8 Å². The predicted octanol–water partition coefficient (Wildman–Crippen LogP) is 4.61. The van der Waals surface area contributed by atoms with Crippen LogP contribution in [0.5, 0.6) is 0 Å². The molecular weight excluding hydrogens is 285 g/mol. The van der Waals surface area contributed by atoms with E-state index in [0.29, 0.717) is 10.0 Å². The molecule has 0 atom stereocenters. The number of hydrogen-bond acceptors (Lipinski definition) is 1. The van der Waals surface area contributed by atoms with Gasteiger partial charge in [-0.3, -0.25) is 4.98 Å². The lowest BCUT2D eigenvalue weighted by Crippen LogP contribution is -1.86. The van der Waals surface area contributed by atoms with Crippen LogP contribution < -0.4 is 0 Å². The maximum Gasteiger partial charge on any atom is 0.0782 e. The number of nitrogens with zero attached hydrogens (tertiary/aromatic N) is 1. The summed E-state index contributed by atoms with van der Waals surface area (Å²) >= 11 is 15.4. The number of hydrogen-bond donors (Lipinski definition) is 0. The van der Waals surface area contributed by atoms with Gasteiger partial charge in [0.05, 0.1) is 15.6 Å². The number of fused-ring (bicyclic) bond motifs is 1. The Bertz CT molecular complexity index is 511. The van der Waals surface area contributed by atoms with Gasteiger partial charge in [-0.25, -0.2) is 0 Å². The van der Waals surface area contributed by atoms with E-state index in [1.807, 2.05) is 19.1 Å². The molecule has 0 saturated carbocycles. The van der Waals surface area contributed by atoms with Crippen molar-refractivity contribution < 1.29 is 0 Å². The molecule has 0 aliphatic heterocycles. The first-order valence-electron chi connectivity index (χ1n) is 4.00. The van der Waals surface area contributed by atoms with Crippen LogP contribution in [-0.2, 0) is 0 Å². The fraction of sp³-hybridized carbons (Fsp3) is 0.100. The molecule has 2 aromatic rings. The molecule has 72 valence electrons. The van der Waals surface area contributed by atoms with Gasteiger partial charge in [-0.1, -0.05) is 45.2 Å². The van der Waals surface area contributed by atoms with Gasteiger partial charge in [0.2, 0.25) is 0 Å². The highest BCUT2D eigenvalue weighted by atomic mass is 79.9. The van der Waals surface area contributed by atoms with Crippen molar-refractivity contribution in [2.75, 3.05) is 0 Å². The Morgan fingerprint density at radius 2 is 2.00 bits per heavy atom. The minimum absolute atomic E-state index is 0.477. The zero-order valence-corrected chi connectivity index (χ0v) is 10.4. The van der Waals surface area contributed by atoms with Crippen LogP contribution >= 0.6 is 39.1 Å². The zero-order valence-electron chi connectivity index (χ0n) is 7.31. The van der Waals surface area contributed by atoms with Crippen LogP contribution in [0, 0.1) is 6.92 Å². The Hall–Kier alpha value is -0.310. The average molecular weight is 291 g/mol. The first kappa shape index (κ1) is 10.2. The standard InChI is InChI=1S/C10H6BrCl2N/c1-5-2-3-6(11)8-9(13)7(12)4-14-10(5)8/h2-4H,1H3. The molecule has 0 unspecified atom stereocenters. The maximum atomic E-state index is 6.10. The van der Waals surface area contributed by atoms with Crippen LogP contribution in [0.3, 0.4) is 0 Å². The van der Waals surface area contributed by atoms with Crippen LogP contribution in [-0.4, -0.2) is 4.98 Å². The van der Waals surface area contributed by atoms with Gasteiger partial charge in [0.15, 0.2) is 0 Å². The van der Waals surface area contributed by atoms with Crippen LogP contribution in [0.4, 0.5) is 0 Å². The first-order valence-corrected chi connectivity index (χ1v) is 5.55. The van der Waals surface area contributed by atoms with Crippen LogP contribution in [0.2, 0.25) is 10.0 Å². The summed E-state index contributed by atoms with van der Waals surface area (Å²) < 4.78 is 0.915. The highest BCUT2D eigenvalue weighted by molar-refractivity contribution is 9.10. The number of halogens is 3. The number of pyridine rings is 1. The zero-order chi connectivity index (χ0) is 10.3. The van der Waals surface area contributed by atoms with Gasteiger partial charge in [0, 0.05) is 16.1 Å². The molecule has 1 aromatic heterocycles. The van der Waals surface area contributed by atoms with E-state index in [-0.39, 0.29) is 0 Å². The van der Waals surface area contributed by atoms with E-state index in [0.717, 1.165) is 20.9 Å². The maximum absolute atomic E-state index is 6.10. The van der Waals surface area contributed by atoms with Crippen molar-refractivity contribution in [2.24, 2.45) is 0 Å². The second-order valence-corrected chi connectivity index (χ2v) is 4.65. The third-order valence-corrected chi connectivity index (χ3v) is 3.50. The summed E-state index contributed by atoms with van der Waals surface area (Å²) in [6.45, 7) is 1.99. The third kappa shape index (κ3) is 1.52. The molecular formula is C10H6BrCl2N. The molecule has 0 saturated heterocycles. The topological polar surface area (TPSA) is 12.9 Å². The number of aryl methyl sites for hydroxylation is 1. The van der Waals surface area contributed by atoms with E-state index in [4.69, 9.17) is 23.2 Å². The summed E-state index contributed by atoms with van der Waals surface area (Å²) in [5.74, 6) is 0. The lowest BCUT2D eigenvalue weighted by molar-refractivity contribution is 1.36. The summed E-state index contributed by atoms with van der Waals surface area (Å²) in [6.07, 6.45) is 1.58. The molecule has 0 bridgehead atoms. The smallest absolute Gasteiger partial charge is 0.0782 e. The first-order chi connectivity index (χ1) is 6.61. The van der Waals surface area contributed by atoms with Crippen molar-refractivity contribution in [3.05, 3.63) is 38.4 Å². The second kappa shape index (κ2) is 3.69. The van der Waals surface area contributed by atoms with Crippen LogP contribution in [0.1, 0.15) is 5.56 Å². The summed E-state index contributed by atoms with van der Waals surface area (Å²) in [4.78, 5) is 4.26. The molecule has 1 heterocycles.